The molecule has 4 nitrogen and oxygen atoms in total. The molecule has 0 radical (unpaired) electrons. The zero-order valence-electron chi connectivity index (χ0n) is 12.5. The van der Waals surface area contributed by atoms with Gasteiger partial charge >= 0.3 is 5.97 Å². The van der Waals surface area contributed by atoms with E-state index in [0.717, 1.165) is 24.1 Å². The minimum atomic E-state index is -0.976. The molecule has 1 saturated carbocycles. The van der Waals surface area contributed by atoms with Gasteiger partial charge in [-0.1, -0.05) is 32.6 Å². The molecule has 1 amide bonds. The van der Waals surface area contributed by atoms with Gasteiger partial charge in [0.05, 0.1) is 5.56 Å². The highest BCUT2D eigenvalue weighted by Crippen LogP contribution is 2.30. The second-order valence-electron chi connectivity index (χ2n) is 5.72. The second kappa shape index (κ2) is 7.59. The van der Waals surface area contributed by atoms with Gasteiger partial charge in [-0.15, -0.1) is 11.3 Å². The third kappa shape index (κ3) is 4.56. The molecule has 1 aromatic rings. The SMILES string of the molecule is CCc1cc(C(=O)O)c(NC(=O)CC2CCCCCC2)s1. The zero-order valence-corrected chi connectivity index (χ0v) is 13.3. The highest BCUT2D eigenvalue weighted by molar-refractivity contribution is 7.16. The first-order valence-corrected chi connectivity index (χ1v) is 8.57. The lowest BCUT2D eigenvalue weighted by Crippen LogP contribution is -2.17. The molecule has 5 heteroatoms. The molecule has 2 rings (SSSR count). The fourth-order valence-corrected chi connectivity index (χ4v) is 3.88. The smallest absolute Gasteiger partial charge is 0.338 e. The summed E-state index contributed by atoms with van der Waals surface area (Å²) in [5.41, 5.74) is 0.214. The van der Waals surface area contributed by atoms with Crippen molar-refractivity contribution in [2.75, 3.05) is 5.32 Å². The lowest BCUT2D eigenvalue weighted by atomic mass is 9.96. The molecule has 1 aromatic heterocycles. The third-order valence-corrected chi connectivity index (χ3v) is 5.26. The minimum absolute atomic E-state index is 0.0473. The third-order valence-electron chi connectivity index (χ3n) is 4.06. The Morgan fingerprint density at radius 2 is 1.95 bits per heavy atom. The molecule has 0 aliphatic heterocycles. The van der Waals surface area contributed by atoms with E-state index in [9.17, 15) is 14.7 Å². The van der Waals surface area contributed by atoms with Crippen LogP contribution in [0.5, 0.6) is 0 Å². The van der Waals surface area contributed by atoms with Crippen molar-refractivity contribution in [1.82, 2.24) is 0 Å². The number of thiophene rings is 1. The number of carboxylic acids is 1. The second-order valence-corrected chi connectivity index (χ2v) is 6.86. The Hall–Kier alpha value is -1.36. The maximum absolute atomic E-state index is 12.2. The summed E-state index contributed by atoms with van der Waals surface area (Å²) >= 11 is 1.37. The lowest BCUT2D eigenvalue weighted by Gasteiger charge is -2.13. The van der Waals surface area contributed by atoms with Gasteiger partial charge in [-0.05, 0) is 31.2 Å². The number of aryl methyl sites for hydroxylation is 1. The van der Waals surface area contributed by atoms with Crippen LogP contribution in [-0.4, -0.2) is 17.0 Å². The van der Waals surface area contributed by atoms with E-state index in [4.69, 9.17) is 0 Å². The number of anilines is 1. The van der Waals surface area contributed by atoms with Crippen molar-refractivity contribution in [3.8, 4) is 0 Å². The Bertz CT molecular complexity index is 502. The molecule has 0 unspecified atom stereocenters. The largest absolute Gasteiger partial charge is 0.478 e. The van der Waals surface area contributed by atoms with E-state index in [1.165, 1.54) is 37.0 Å². The van der Waals surface area contributed by atoms with Crippen LogP contribution in [0.2, 0.25) is 0 Å². The summed E-state index contributed by atoms with van der Waals surface area (Å²) in [4.78, 5) is 24.4. The average molecular weight is 309 g/mol. The Labute approximate surface area is 129 Å². The van der Waals surface area contributed by atoms with Crippen molar-refractivity contribution in [2.45, 2.75) is 58.3 Å². The summed E-state index contributed by atoms with van der Waals surface area (Å²) in [5, 5.41) is 12.5. The van der Waals surface area contributed by atoms with Crippen molar-refractivity contribution in [3.63, 3.8) is 0 Å². The van der Waals surface area contributed by atoms with Gasteiger partial charge in [-0.3, -0.25) is 4.79 Å². The summed E-state index contributed by atoms with van der Waals surface area (Å²) in [6.45, 7) is 1.98. The van der Waals surface area contributed by atoms with Crippen molar-refractivity contribution >= 4 is 28.2 Å². The first-order valence-electron chi connectivity index (χ1n) is 7.76. The van der Waals surface area contributed by atoms with E-state index in [1.54, 1.807) is 6.07 Å². The summed E-state index contributed by atoms with van der Waals surface area (Å²) in [7, 11) is 0. The van der Waals surface area contributed by atoms with Gasteiger partial charge in [0.2, 0.25) is 5.91 Å². The Morgan fingerprint density at radius 3 is 2.52 bits per heavy atom. The number of nitrogens with one attached hydrogen (secondary N) is 1. The number of hydrogen-bond donors (Lipinski definition) is 2. The molecule has 1 heterocycles. The van der Waals surface area contributed by atoms with E-state index in [-0.39, 0.29) is 11.5 Å². The first kappa shape index (κ1) is 16.0. The van der Waals surface area contributed by atoms with Crippen LogP contribution < -0.4 is 5.32 Å². The van der Waals surface area contributed by atoms with Gasteiger partial charge < -0.3 is 10.4 Å². The number of aromatic carboxylic acids is 1. The van der Waals surface area contributed by atoms with Gasteiger partial charge in [0.1, 0.15) is 5.00 Å². The number of carboxylic acid groups (broad SMARTS) is 1. The van der Waals surface area contributed by atoms with Crippen LogP contribution in [0.3, 0.4) is 0 Å². The normalized spacial score (nSPS) is 16.4. The Kier molecular flexibility index (Phi) is 5.79. The van der Waals surface area contributed by atoms with E-state index < -0.39 is 5.97 Å². The molecule has 0 atom stereocenters. The topological polar surface area (TPSA) is 66.4 Å². The molecule has 0 bridgehead atoms. The first-order chi connectivity index (χ1) is 10.1. The predicted molar refractivity (Wildman–Crippen MR) is 85.1 cm³/mol. The molecule has 1 aliphatic rings. The number of carbonyl (C=O) groups excluding carboxylic acids is 1. The molecule has 1 fully saturated rings. The van der Waals surface area contributed by atoms with Crippen molar-refractivity contribution in [3.05, 3.63) is 16.5 Å². The van der Waals surface area contributed by atoms with Crippen LogP contribution in [0, 0.1) is 5.92 Å². The lowest BCUT2D eigenvalue weighted by molar-refractivity contribution is -0.117. The van der Waals surface area contributed by atoms with Gasteiger partial charge in [-0.2, -0.15) is 0 Å². The van der Waals surface area contributed by atoms with Crippen LogP contribution in [0.25, 0.3) is 0 Å². The van der Waals surface area contributed by atoms with Crippen LogP contribution in [-0.2, 0) is 11.2 Å². The van der Waals surface area contributed by atoms with Crippen molar-refractivity contribution in [1.29, 1.82) is 0 Å². The van der Waals surface area contributed by atoms with Crippen molar-refractivity contribution < 1.29 is 14.7 Å². The average Bonchev–Trinajstić information content (AvgIpc) is 2.67. The van der Waals surface area contributed by atoms with E-state index in [1.807, 2.05) is 6.92 Å². The summed E-state index contributed by atoms with van der Waals surface area (Å²) in [6.07, 6.45) is 8.47. The maximum atomic E-state index is 12.2. The van der Waals surface area contributed by atoms with Gasteiger partial charge in [0.15, 0.2) is 0 Å². The van der Waals surface area contributed by atoms with Crippen LogP contribution in [0.1, 0.15) is 67.1 Å². The highest BCUT2D eigenvalue weighted by atomic mass is 32.1. The quantitative estimate of drug-likeness (QED) is 0.797. The molecular weight excluding hydrogens is 286 g/mol. The number of carbonyl (C=O) groups is 2. The number of amides is 1. The van der Waals surface area contributed by atoms with E-state index in [2.05, 4.69) is 5.32 Å². The van der Waals surface area contributed by atoms with Gasteiger partial charge in [0, 0.05) is 11.3 Å². The van der Waals surface area contributed by atoms with Crippen LogP contribution >= 0.6 is 11.3 Å². The molecule has 0 spiro atoms. The maximum Gasteiger partial charge on any atom is 0.338 e. The summed E-state index contributed by atoms with van der Waals surface area (Å²) in [6, 6.07) is 1.66. The van der Waals surface area contributed by atoms with Crippen LogP contribution in [0.15, 0.2) is 6.07 Å². The molecule has 1 aliphatic carbocycles. The van der Waals surface area contributed by atoms with E-state index in [0.29, 0.717) is 17.3 Å². The fraction of sp³-hybridized carbons (Fsp3) is 0.625. The molecular formula is C16H23NO3S. The molecule has 116 valence electrons. The summed E-state index contributed by atoms with van der Waals surface area (Å²) < 4.78 is 0. The number of hydrogen-bond acceptors (Lipinski definition) is 3. The fourth-order valence-electron chi connectivity index (χ4n) is 2.88. The molecule has 0 saturated heterocycles. The zero-order chi connectivity index (χ0) is 15.2. The van der Waals surface area contributed by atoms with E-state index >= 15 is 0 Å². The van der Waals surface area contributed by atoms with Gasteiger partial charge in [0.25, 0.3) is 0 Å². The molecule has 0 aromatic carbocycles. The standard InChI is InChI=1S/C16H23NO3S/c1-2-12-10-13(16(19)20)15(21-12)17-14(18)9-11-7-5-3-4-6-8-11/h10-11H,2-9H2,1H3,(H,17,18)(H,19,20). The highest BCUT2D eigenvalue weighted by Gasteiger charge is 2.20. The minimum Gasteiger partial charge on any atom is -0.478 e. The molecule has 21 heavy (non-hydrogen) atoms. The van der Waals surface area contributed by atoms with Gasteiger partial charge in [-0.25, -0.2) is 4.79 Å². The Morgan fingerprint density at radius 1 is 1.29 bits per heavy atom. The monoisotopic (exact) mass is 309 g/mol. The summed E-state index contributed by atoms with van der Waals surface area (Å²) in [5.74, 6) is -0.573. The predicted octanol–water partition coefficient (Wildman–Crippen LogP) is 4.31. The number of rotatable bonds is 5. The van der Waals surface area contributed by atoms with Crippen LogP contribution in [0.4, 0.5) is 5.00 Å². The Balaban J connectivity index is 1.98. The molecule has 2 N–H and O–H groups in total. The van der Waals surface area contributed by atoms with Crippen molar-refractivity contribution in [2.24, 2.45) is 5.92 Å².